The van der Waals surface area contributed by atoms with Crippen molar-refractivity contribution in [2.75, 3.05) is 20.8 Å². The summed E-state index contributed by atoms with van der Waals surface area (Å²) in [6.07, 6.45) is 7.06. The molecule has 2 rings (SSSR count). The van der Waals surface area contributed by atoms with E-state index in [2.05, 4.69) is 17.5 Å². The normalized spacial score (nSPS) is 19.6. The molecule has 4 heteroatoms. The van der Waals surface area contributed by atoms with E-state index in [4.69, 9.17) is 9.47 Å². The van der Waals surface area contributed by atoms with E-state index in [0.29, 0.717) is 18.3 Å². The molecule has 0 fully saturated rings. The Kier molecular flexibility index (Phi) is 5.44. The van der Waals surface area contributed by atoms with Crippen LogP contribution in [0.1, 0.15) is 30.9 Å². The van der Waals surface area contributed by atoms with Gasteiger partial charge < -0.3 is 19.9 Å². The van der Waals surface area contributed by atoms with Gasteiger partial charge in [0.2, 0.25) is 0 Å². The fourth-order valence-corrected chi connectivity index (χ4v) is 2.47. The maximum atomic E-state index is 10.4. The van der Waals surface area contributed by atoms with Gasteiger partial charge in [0, 0.05) is 18.2 Å². The number of allylic oxidation sites excluding steroid dienone is 1. The number of methoxy groups -OCH3 is 2. The van der Waals surface area contributed by atoms with E-state index < -0.39 is 6.10 Å². The van der Waals surface area contributed by atoms with Gasteiger partial charge in [-0.1, -0.05) is 12.2 Å². The van der Waals surface area contributed by atoms with Crippen molar-refractivity contribution in [3.63, 3.8) is 0 Å². The van der Waals surface area contributed by atoms with Gasteiger partial charge >= 0.3 is 0 Å². The monoisotopic (exact) mass is 277 g/mol. The quantitative estimate of drug-likeness (QED) is 0.784. The summed E-state index contributed by atoms with van der Waals surface area (Å²) in [5, 5.41) is 13.8. The highest BCUT2D eigenvalue weighted by atomic mass is 16.5. The average Bonchev–Trinajstić information content (AvgIpc) is 2.52. The molecule has 0 radical (unpaired) electrons. The Morgan fingerprint density at radius 2 is 2.15 bits per heavy atom. The Balaban J connectivity index is 2.00. The standard InChI is InChI=1S/C16H23NO3/c1-19-13-8-9-16(20-2)14(10-13)15(18)11-17-12-6-4-3-5-7-12/h3-4,8-10,12,15,17-18H,5-7,11H2,1-2H3. The Labute approximate surface area is 120 Å². The molecule has 0 aromatic heterocycles. The third-order valence-corrected chi connectivity index (χ3v) is 3.66. The van der Waals surface area contributed by atoms with Crippen LogP contribution in [0.5, 0.6) is 11.5 Å². The highest BCUT2D eigenvalue weighted by Gasteiger charge is 2.17. The third-order valence-electron chi connectivity index (χ3n) is 3.66. The third kappa shape index (κ3) is 3.74. The lowest BCUT2D eigenvalue weighted by atomic mass is 10.0. The van der Waals surface area contributed by atoms with Crippen LogP contribution in [0.25, 0.3) is 0 Å². The molecule has 20 heavy (non-hydrogen) atoms. The number of hydrogen-bond donors (Lipinski definition) is 2. The van der Waals surface area contributed by atoms with E-state index in [-0.39, 0.29) is 0 Å². The molecular formula is C16H23NO3. The van der Waals surface area contributed by atoms with Gasteiger partial charge in [-0.15, -0.1) is 0 Å². The molecule has 1 aromatic rings. The van der Waals surface area contributed by atoms with Crippen molar-refractivity contribution in [2.24, 2.45) is 0 Å². The van der Waals surface area contributed by atoms with Gasteiger partial charge in [0.25, 0.3) is 0 Å². The highest BCUT2D eigenvalue weighted by Crippen LogP contribution is 2.29. The van der Waals surface area contributed by atoms with Crippen LogP contribution >= 0.6 is 0 Å². The van der Waals surface area contributed by atoms with Crippen molar-refractivity contribution >= 4 is 0 Å². The number of rotatable bonds is 6. The molecule has 0 bridgehead atoms. The Bertz CT molecular complexity index is 459. The van der Waals surface area contributed by atoms with Gasteiger partial charge in [-0.25, -0.2) is 0 Å². The maximum absolute atomic E-state index is 10.4. The van der Waals surface area contributed by atoms with Crippen molar-refractivity contribution in [3.8, 4) is 11.5 Å². The topological polar surface area (TPSA) is 50.7 Å². The average molecular weight is 277 g/mol. The lowest BCUT2D eigenvalue weighted by molar-refractivity contribution is 0.164. The summed E-state index contributed by atoms with van der Waals surface area (Å²) in [5.41, 5.74) is 0.755. The SMILES string of the molecule is COc1ccc(OC)c(C(O)CNC2CC=CCC2)c1. The summed E-state index contributed by atoms with van der Waals surface area (Å²) < 4.78 is 10.5. The van der Waals surface area contributed by atoms with Crippen molar-refractivity contribution < 1.29 is 14.6 Å². The van der Waals surface area contributed by atoms with E-state index in [1.807, 2.05) is 18.2 Å². The summed E-state index contributed by atoms with van der Waals surface area (Å²) in [4.78, 5) is 0. The van der Waals surface area contributed by atoms with E-state index in [9.17, 15) is 5.11 Å². The fourth-order valence-electron chi connectivity index (χ4n) is 2.47. The molecule has 0 spiro atoms. The number of benzene rings is 1. The Morgan fingerprint density at radius 3 is 2.80 bits per heavy atom. The van der Waals surface area contributed by atoms with Gasteiger partial charge in [0.1, 0.15) is 11.5 Å². The summed E-state index contributed by atoms with van der Waals surface area (Å²) in [6, 6.07) is 5.92. The molecule has 2 unspecified atom stereocenters. The van der Waals surface area contributed by atoms with Crippen LogP contribution in [0.15, 0.2) is 30.4 Å². The molecule has 0 amide bonds. The predicted octanol–water partition coefficient (Wildman–Crippen LogP) is 2.44. The lowest BCUT2D eigenvalue weighted by Gasteiger charge is -2.22. The van der Waals surface area contributed by atoms with Gasteiger partial charge in [0.15, 0.2) is 0 Å². The second-order valence-electron chi connectivity index (χ2n) is 5.01. The summed E-state index contributed by atoms with van der Waals surface area (Å²) >= 11 is 0. The van der Waals surface area contributed by atoms with Crippen molar-refractivity contribution in [3.05, 3.63) is 35.9 Å². The second kappa shape index (κ2) is 7.31. The van der Waals surface area contributed by atoms with Gasteiger partial charge in [-0.3, -0.25) is 0 Å². The van der Waals surface area contributed by atoms with E-state index in [0.717, 1.165) is 30.6 Å². The molecule has 2 atom stereocenters. The highest BCUT2D eigenvalue weighted by molar-refractivity contribution is 5.41. The number of hydrogen-bond acceptors (Lipinski definition) is 4. The second-order valence-corrected chi connectivity index (χ2v) is 5.01. The molecule has 0 aliphatic heterocycles. The first-order valence-corrected chi connectivity index (χ1v) is 7.03. The smallest absolute Gasteiger partial charge is 0.124 e. The van der Waals surface area contributed by atoms with E-state index >= 15 is 0 Å². The van der Waals surface area contributed by atoms with E-state index in [1.165, 1.54) is 0 Å². The number of nitrogens with one attached hydrogen (secondary N) is 1. The van der Waals surface area contributed by atoms with Crippen LogP contribution in [0.3, 0.4) is 0 Å². The lowest BCUT2D eigenvalue weighted by Crippen LogP contribution is -2.33. The minimum Gasteiger partial charge on any atom is -0.497 e. The van der Waals surface area contributed by atoms with Gasteiger partial charge in [-0.05, 0) is 37.5 Å². The zero-order chi connectivity index (χ0) is 14.4. The molecule has 1 aromatic carbocycles. The van der Waals surface area contributed by atoms with Crippen molar-refractivity contribution in [1.82, 2.24) is 5.32 Å². The van der Waals surface area contributed by atoms with Crippen LogP contribution in [0, 0.1) is 0 Å². The van der Waals surface area contributed by atoms with Crippen LogP contribution in [-0.2, 0) is 0 Å². The first-order valence-electron chi connectivity index (χ1n) is 7.03. The molecule has 110 valence electrons. The van der Waals surface area contributed by atoms with Crippen molar-refractivity contribution in [2.45, 2.75) is 31.4 Å². The molecule has 0 saturated heterocycles. The molecule has 0 heterocycles. The first kappa shape index (κ1) is 14.9. The number of aliphatic hydroxyl groups is 1. The zero-order valence-corrected chi connectivity index (χ0v) is 12.1. The van der Waals surface area contributed by atoms with Crippen LogP contribution in [0.4, 0.5) is 0 Å². The fraction of sp³-hybridized carbons (Fsp3) is 0.500. The molecule has 1 aliphatic carbocycles. The molecular weight excluding hydrogens is 254 g/mol. The van der Waals surface area contributed by atoms with Gasteiger partial charge in [-0.2, -0.15) is 0 Å². The minimum absolute atomic E-state index is 0.450. The van der Waals surface area contributed by atoms with Crippen molar-refractivity contribution in [1.29, 1.82) is 0 Å². The van der Waals surface area contributed by atoms with E-state index in [1.54, 1.807) is 14.2 Å². The molecule has 2 N–H and O–H groups in total. The largest absolute Gasteiger partial charge is 0.497 e. The molecule has 0 saturated carbocycles. The van der Waals surface area contributed by atoms with Gasteiger partial charge in [0.05, 0.1) is 20.3 Å². The summed E-state index contributed by atoms with van der Waals surface area (Å²) in [5.74, 6) is 1.41. The molecule has 1 aliphatic rings. The zero-order valence-electron chi connectivity index (χ0n) is 12.1. The van der Waals surface area contributed by atoms with Crippen LogP contribution in [0.2, 0.25) is 0 Å². The van der Waals surface area contributed by atoms with Crippen LogP contribution < -0.4 is 14.8 Å². The first-order chi connectivity index (χ1) is 9.74. The Morgan fingerprint density at radius 1 is 1.30 bits per heavy atom. The minimum atomic E-state index is -0.606. The maximum Gasteiger partial charge on any atom is 0.124 e. The van der Waals surface area contributed by atoms with Crippen LogP contribution in [-0.4, -0.2) is 31.9 Å². The number of aliphatic hydroxyl groups excluding tert-OH is 1. The predicted molar refractivity (Wildman–Crippen MR) is 79.3 cm³/mol. The number of ether oxygens (including phenoxy) is 2. The Hall–Kier alpha value is -1.52. The summed E-state index contributed by atoms with van der Waals surface area (Å²) in [6.45, 7) is 0.516. The molecule has 4 nitrogen and oxygen atoms in total. The summed E-state index contributed by atoms with van der Waals surface area (Å²) in [7, 11) is 3.22.